The Balaban J connectivity index is 2.03. The van der Waals surface area contributed by atoms with Crippen LogP contribution in [0.2, 0.25) is 0 Å². The third kappa shape index (κ3) is 2.89. The zero-order valence-electron chi connectivity index (χ0n) is 11.5. The van der Waals surface area contributed by atoms with E-state index in [2.05, 4.69) is 15.8 Å². The molecule has 0 spiro atoms. The van der Waals surface area contributed by atoms with E-state index in [-0.39, 0.29) is 12.6 Å². The first-order chi connectivity index (χ1) is 9.10. The summed E-state index contributed by atoms with van der Waals surface area (Å²) in [5.41, 5.74) is 0.823. The zero-order chi connectivity index (χ0) is 13.9. The Morgan fingerprint density at radius 3 is 2.74 bits per heavy atom. The van der Waals surface area contributed by atoms with Crippen molar-refractivity contribution in [3.63, 3.8) is 0 Å². The van der Waals surface area contributed by atoms with Crippen molar-refractivity contribution in [2.45, 2.75) is 51.5 Å². The van der Waals surface area contributed by atoms with Crippen LogP contribution in [-0.2, 0) is 6.42 Å². The first kappa shape index (κ1) is 13.9. The van der Waals surface area contributed by atoms with Crippen LogP contribution >= 0.6 is 0 Å². The van der Waals surface area contributed by atoms with Gasteiger partial charge in [0, 0.05) is 6.42 Å². The summed E-state index contributed by atoms with van der Waals surface area (Å²) in [4.78, 5) is 12.0. The Morgan fingerprint density at radius 1 is 1.47 bits per heavy atom. The first-order valence-corrected chi connectivity index (χ1v) is 6.75. The summed E-state index contributed by atoms with van der Waals surface area (Å²) in [6.07, 6.45) is 4.38. The van der Waals surface area contributed by atoms with Gasteiger partial charge in [0.2, 0.25) is 0 Å². The fourth-order valence-corrected chi connectivity index (χ4v) is 2.58. The Morgan fingerprint density at radius 2 is 2.16 bits per heavy atom. The summed E-state index contributed by atoms with van der Waals surface area (Å²) in [6, 6.07) is -0.308. The predicted molar refractivity (Wildman–Crippen MR) is 71.1 cm³/mol. The number of anilines is 1. The fraction of sp³-hybridized carbons (Fsp3) is 0.692. The van der Waals surface area contributed by atoms with E-state index in [4.69, 9.17) is 4.52 Å². The van der Waals surface area contributed by atoms with E-state index in [1.54, 1.807) is 6.92 Å². The van der Waals surface area contributed by atoms with Gasteiger partial charge in [0.1, 0.15) is 11.4 Å². The van der Waals surface area contributed by atoms with Gasteiger partial charge in [0.05, 0.1) is 12.1 Å². The van der Waals surface area contributed by atoms with E-state index in [1.807, 2.05) is 6.92 Å². The Hall–Kier alpha value is -1.56. The van der Waals surface area contributed by atoms with Gasteiger partial charge in [-0.15, -0.1) is 0 Å². The van der Waals surface area contributed by atoms with E-state index >= 15 is 0 Å². The monoisotopic (exact) mass is 267 g/mol. The van der Waals surface area contributed by atoms with Crippen molar-refractivity contribution in [2.75, 3.05) is 11.9 Å². The molecular weight excluding hydrogens is 246 g/mol. The number of hydrogen-bond donors (Lipinski definition) is 3. The van der Waals surface area contributed by atoms with Crippen LogP contribution in [0.4, 0.5) is 10.5 Å². The normalized spacial score (nSPS) is 17.4. The quantitative estimate of drug-likeness (QED) is 0.778. The first-order valence-electron chi connectivity index (χ1n) is 6.75. The van der Waals surface area contributed by atoms with Crippen molar-refractivity contribution in [2.24, 2.45) is 0 Å². The number of rotatable bonds is 4. The SMILES string of the molecule is CCc1onc(C)c1NC(=O)NC1(CO)CCCC1. The van der Waals surface area contributed by atoms with Crippen molar-refractivity contribution in [1.82, 2.24) is 10.5 Å². The molecule has 1 saturated carbocycles. The standard InChI is InChI=1S/C13H21N3O3/c1-3-10-11(9(2)16-19-10)14-12(18)15-13(8-17)6-4-5-7-13/h17H,3-8H2,1-2H3,(H2,14,15,18). The maximum Gasteiger partial charge on any atom is 0.319 e. The number of aliphatic hydroxyl groups is 1. The smallest absolute Gasteiger partial charge is 0.319 e. The van der Waals surface area contributed by atoms with Gasteiger partial charge < -0.3 is 20.3 Å². The van der Waals surface area contributed by atoms with Gasteiger partial charge in [0.15, 0.2) is 5.76 Å². The molecule has 106 valence electrons. The highest BCUT2D eigenvalue weighted by Gasteiger charge is 2.34. The number of carbonyl (C=O) groups excluding carboxylic acids is 1. The van der Waals surface area contributed by atoms with Gasteiger partial charge in [-0.05, 0) is 19.8 Å². The second-order valence-corrected chi connectivity index (χ2v) is 5.14. The maximum absolute atomic E-state index is 12.0. The summed E-state index contributed by atoms with van der Waals surface area (Å²) in [7, 11) is 0. The molecule has 1 aliphatic carbocycles. The van der Waals surface area contributed by atoms with E-state index < -0.39 is 5.54 Å². The number of amides is 2. The Labute approximate surface area is 112 Å². The second kappa shape index (κ2) is 5.61. The molecule has 0 aromatic carbocycles. The highest BCUT2D eigenvalue weighted by atomic mass is 16.5. The van der Waals surface area contributed by atoms with Gasteiger partial charge in [-0.1, -0.05) is 24.9 Å². The summed E-state index contributed by atoms with van der Waals surface area (Å²) in [6.45, 7) is 3.70. The van der Waals surface area contributed by atoms with Gasteiger partial charge in [-0.2, -0.15) is 0 Å². The molecule has 1 fully saturated rings. The number of carbonyl (C=O) groups is 1. The van der Waals surface area contributed by atoms with Gasteiger partial charge >= 0.3 is 6.03 Å². The van der Waals surface area contributed by atoms with Crippen LogP contribution in [0.15, 0.2) is 4.52 Å². The lowest BCUT2D eigenvalue weighted by molar-refractivity contribution is 0.167. The summed E-state index contributed by atoms with van der Waals surface area (Å²) >= 11 is 0. The van der Waals surface area contributed by atoms with Crippen molar-refractivity contribution in [1.29, 1.82) is 0 Å². The van der Waals surface area contributed by atoms with Crippen LogP contribution < -0.4 is 10.6 Å². The molecule has 0 bridgehead atoms. The zero-order valence-corrected chi connectivity index (χ0v) is 11.5. The molecule has 1 aromatic heterocycles. The van der Waals surface area contributed by atoms with Crippen LogP contribution in [0.3, 0.4) is 0 Å². The lowest BCUT2D eigenvalue weighted by atomic mass is 9.99. The lowest BCUT2D eigenvalue weighted by Crippen LogP contribution is -2.50. The highest BCUT2D eigenvalue weighted by Crippen LogP contribution is 2.29. The molecule has 1 heterocycles. The fourth-order valence-electron chi connectivity index (χ4n) is 2.58. The summed E-state index contributed by atoms with van der Waals surface area (Å²) in [5, 5.41) is 19.0. The summed E-state index contributed by atoms with van der Waals surface area (Å²) in [5.74, 6) is 0.664. The molecule has 0 aliphatic heterocycles. The van der Waals surface area contributed by atoms with Crippen LogP contribution in [-0.4, -0.2) is 28.4 Å². The molecule has 0 unspecified atom stereocenters. The Bertz CT molecular complexity index is 450. The molecule has 6 nitrogen and oxygen atoms in total. The third-order valence-electron chi connectivity index (χ3n) is 3.74. The molecule has 3 N–H and O–H groups in total. The van der Waals surface area contributed by atoms with E-state index in [1.165, 1.54) is 0 Å². The largest absolute Gasteiger partial charge is 0.394 e. The van der Waals surface area contributed by atoms with Crippen molar-refractivity contribution in [3.8, 4) is 0 Å². The predicted octanol–water partition coefficient (Wildman–Crippen LogP) is 1.97. The third-order valence-corrected chi connectivity index (χ3v) is 3.74. The molecule has 1 aliphatic rings. The van der Waals surface area contributed by atoms with Gasteiger partial charge in [-0.25, -0.2) is 4.79 Å². The number of nitrogens with one attached hydrogen (secondary N) is 2. The van der Waals surface area contributed by atoms with E-state index in [0.29, 0.717) is 23.6 Å². The summed E-state index contributed by atoms with van der Waals surface area (Å²) < 4.78 is 5.13. The van der Waals surface area contributed by atoms with Crippen molar-refractivity contribution in [3.05, 3.63) is 11.5 Å². The van der Waals surface area contributed by atoms with Gasteiger partial charge in [0.25, 0.3) is 0 Å². The number of aryl methyl sites for hydroxylation is 2. The van der Waals surface area contributed by atoms with E-state index in [9.17, 15) is 9.90 Å². The minimum Gasteiger partial charge on any atom is -0.394 e. The number of aliphatic hydroxyl groups excluding tert-OH is 1. The molecule has 1 aromatic rings. The van der Waals surface area contributed by atoms with Crippen molar-refractivity contribution >= 4 is 11.7 Å². The van der Waals surface area contributed by atoms with Crippen LogP contribution in [0.5, 0.6) is 0 Å². The molecule has 6 heteroatoms. The minimum atomic E-state index is -0.471. The molecule has 2 amide bonds. The minimum absolute atomic E-state index is 0.0241. The number of nitrogens with zero attached hydrogens (tertiary/aromatic N) is 1. The average Bonchev–Trinajstić information content (AvgIpc) is 2.99. The topological polar surface area (TPSA) is 87.4 Å². The number of hydrogen-bond acceptors (Lipinski definition) is 4. The second-order valence-electron chi connectivity index (χ2n) is 5.14. The van der Waals surface area contributed by atoms with Crippen molar-refractivity contribution < 1.29 is 14.4 Å². The Kier molecular flexibility index (Phi) is 4.09. The molecule has 0 atom stereocenters. The molecule has 0 radical (unpaired) electrons. The van der Waals surface area contributed by atoms with Crippen LogP contribution in [0.25, 0.3) is 0 Å². The van der Waals surface area contributed by atoms with Gasteiger partial charge in [-0.3, -0.25) is 0 Å². The van der Waals surface area contributed by atoms with Crippen LogP contribution in [0.1, 0.15) is 44.1 Å². The molecule has 2 rings (SSSR count). The number of aromatic nitrogens is 1. The highest BCUT2D eigenvalue weighted by molar-refractivity contribution is 5.90. The molecular formula is C13H21N3O3. The average molecular weight is 267 g/mol. The lowest BCUT2D eigenvalue weighted by Gasteiger charge is -2.27. The molecule has 0 saturated heterocycles. The van der Waals surface area contributed by atoms with Crippen LogP contribution in [0, 0.1) is 6.92 Å². The number of urea groups is 1. The van der Waals surface area contributed by atoms with E-state index in [0.717, 1.165) is 25.7 Å². The molecule has 19 heavy (non-hydrogen) atoms. The maximum atomic E-state index is 12.0.